The highest BCUT2D eigenvalue weighted by Crippen LogP contribution is 2.32. The number of nitrogens with zero attached hydrogens (tertiary/aromatic N) is 1. The van der Waals surface area contributed by atoms with Gasteiger partial charge < -0.3 is 10.2 Å². The first-order valence-corrected chi connectivity index (χ1v) is 11.9. The molecule has 6 heteroatoms. The topological polar surface area (TPSA) is 66.5 Å². The standard InChI is InChI=1S/C24H28N2O3S/c1-16-7-6-10-20(17(16)2)25-24(28)19-11-12-22-21(13-19)26(23(27)15-30(22)29)14-18-8-4-3-5-9-18/h3-5,8-9,11-13,16-17,20H,6-7,10,14-15H2,1-2H3,(H,25,28)/t16-,17+,20+,30+/m1/s1. The van der Waals surface area contributed by atoms with Crippen molar-refractivity contribution in [3.63, 3.8) is 0 Å². The highest BCUT2D eigenvalue weighted by molar-refractivity contribution is 7.86. The van der Waals surface area contributed by atoms with Crippen molar-refractivity contribution in [2.24, 2.45) is 11.8 Å². The summed E-state index contributed by atoms with van der Waals surface area (Å²) in [5.41, 5.74) is 2.07. The van der Waals surface area contributed by atoms with E-state index < -0.39 is 10.8 Å². The van der Waals surface area contributed by atoms with Gasteiger partial charge in [-0.2, -0.15) is 0 Å². The van der Waals surface area contributed by atoms with Crippen LogP contribution in [0.15, 0.2) is 53.4 Å². The van der Waals surface area contributed by atoms with Crippen molar-refractivity contribution in [2.45, 2.75) is 50.6 Å². The summed E-state index contributed by atoms with van der Waals surface area (Å²) >= 11 is 0. The fourth-order valence-electron chi connectivity index (χ4n) is 4.44. The molecule has 4 rings (SSSR count). The largest absolute Gasteiger partial charge is 0.349 e. The zero-order chi connectivity index (χ0) is 21.3. The van der Waals surface area contributed by atoms with Gasteiger partial charge in [0.1, 0.15) is 5.75 Å². The Morgan fingerprint density at radius 3 is 2.67 bits per heavy atom. The Bertz CT molecular complexity index is 976. The van der Waals surface area contributed by atoms with Gasteiger partial charge >= 0.3 is 0 Å². The van der Waals surface area contributed by atoms with Crippen molar-refractivity contribution in [1.82, 2.24) is 5.32 Å². The molecule has 0 spiro atoms. The molecule has 1 N–H and O–H groups in total. The number of amides is 2. The van der Waals surface area contributed by atoms with Gasteiger partial charge in [0.25, 0.3) is 5.91 Å². The molecular formula is C24H28N2O3S. The molecule has 1 aliphatic heterocycles. The van der Waals surface area contributed by atoms with Gasteiger partial charge in [-0.25, -0.2) is 0 Å². The van der Waals surface area contributed by atoms with E-state index in [0.29, 0.717) is 34.5 Å². The van der Waals surface area contributed by atoms with Crippen LogP contribution in [0, 0.1) is 11.8 Å². The summed E-state index contributed by atoms with van der Waals surface area (Å²) in [6, 6.07) is 15.0. The number of hydrogen-bond donors (Lipinski definition) is 1. The molecule has 30 heavy (non-hydrogen) atoms. The Labute approximate surface area is 180 Å². The van der Waals surface area contributed by atoms with Crippen LogP contribution in [-0.2, 0) is 22.1 Å². The number of rotatable bonds is 4. The molecule has 1 saturated carbocycles. The van der Waals surface area contributed by atoms with E-state index in [0.717, 1.165) is 18.4 Å². The van der Waals surface area contributed by atoms with E-state index in [4.69, 9.17) is 0 Å². The van der Waals surface area contributed by atoms with Crippen molar-refractivity contribution >= 4 is 28.3 Å². The number of carbonyl (C=O) groups excluding carboxylic acids is 2. The third kappa shape index (κ3) is 4.19. The maximum Gasteiger partial charge on any atom is 0.251 e. The first kappa shape index (κ1) is 20.8. The lowest BCUT2D eigenvalue weighted by Gasteiger charge is -2.34. The minimum absolute atomic E-state index is 0.0249. The van der Waals surface area contributed by atoms with E-state index in [1.807, 2.05) is 30.3 Å². The fraction of sp³-hybridized carbons (Fsp3) is 0.417. The van der Waals surface area contributed by atoms with Gasteiger partial charge in [-0.1, -0.05) is 57.0 Å². The number of benzene rings is 2. The maximum atomic E-state index is 13.0. The molecule has 1 heterocycles. The molecule has 2 amide bonds. The number of fused-ring (bicyclic) bond motifs is 1. The molecule has 158 valence electrons. The molecule has 0 bridgehead atoms. The number of nitrogens with one attached hydrogen (secondary N) is 1. The monoisotopic (exact) mass is 424 g/mol. The molecule has 0 radical (unpaired) electrons. The summed E-state index contributed by atoms with van der Waals surface area (Å²) in [7, 11) is -1.39. The van der Waals surface area contributed by atoms with Crippen LogP contribution < -0.4 is 10.2 Å². The van der Waals surface area contributed by atoms with Gasteiger partial charge in [-0.05, 0) is 42.0 Å². The van der Waals surface area contributed by atoms with Crippen LogP contribution in [0.5, 0.6) is 0 Å². The van der Waals surface area contributed by atoms with Crippen molar-refractivity contribution in [3.8, 4) is 0 Å². The highest BCUT2D eigenvalue weighted by atomic mass is 32.2. The Morgan fingerprint density at radius 1 is 1.13 bits per heavy atom. The molecule has 2 aliphatic rings. The average molecular weight is 425 g/mol. The third-order valence-electron chi connectivity index (χ3n) is 6.52. The minimum atomic E-state index is -1.39. The summed E-state index contributed by atoms with van der Waals surface area (Å²) in [6.45, 7) is 4.83. The van der Waals surface area contributed by atoms with Gasteiger partial charge in [0.15, 0.2) is 0 Å². The average Bonchev–Trinajstić information content (AvgIpc) is 2.74. The number of anilines is 1. The summed E-state index contributed by atoms with van der Waals surface area (Å²) in [4.78, 5) is 27.9. The van der Waals surface area contributed by atoms with Crippen molar-refractivity contribution in [2.75, 3.05) is 10.7 Å². The highest BCUT2D eigenvalue weighted by Gasteiger charge is 2.31. The predicted octanol–water partition coefficient (Wildman–Crippen LogP) is 3.90. The van der Waals surface area contributed by atoms with E-state index in [2.05, 4.69) is 19.2 Å². The van der Waals surface area contributed by atoms with Crippen molar-refractivity contribution < 1.29 is 13.8 Å². The Morgan fingerprint density at radius 2 is 1.90 bits per heavy atom. The minimum Gasteiger partial charge on any atom is -0.349 e. The molecular weight excluding hydrogens is 396 g/mol. The van der Waals surface area contributed by atoms with E-state index in [1.54, 1.807) is 23.1 Å². The van der Waals surface area contributed by atoms with Gasteiger partial charge in [0, 0.05) is 11.6 Å². The van der Waals surface area contributed by atoms with Crippen molar-refractivity contribution in [1.29, 1.82) is 0 Å². The van der Waals surface area contributed by atoms with E-state index in [1.165, 1.54) is 6.42 Å². The zero-order valence-electron chi connectivity index (χ0n) is 17.5. The molecule has 0 unspecified atom stereocenters. The van der Waals surface area contributed by atoms with Crippen LogP contribution in [0.2, 0.25) is 0 Å². The van der Waals surface area contributed by atoms with Gasteiger partial charge in [-0.15, -0.1) is 0 Å². The van der Waals surface area contributed by atoms with E-state index >= 15 is 0 Å². The Balaban J connectivity index is 1.60. The second kappa shape index (κ2) is 8.72. The molecule has 5 nitrogen and oxygen atoms in total. The summed E-state index contributed by atoms with van der Waals surface area (Å²) in [6.07, 6.45) is 3.32. The van der Waals surface area contributed by atoms with Gasteiger partial charge in [0.2, 0.25) is 5.91 Å². The van der Waals surface area contributed by atoms with Crippen molar-refractivity contribution in [3.05, 3.63) is 59.7 Å². The molecule has 2 aromatic rings. The zero-order valence-corrected chi connectivity index (χ0v) is 18.3. The van der Waals surface area contributed by atoms with E-state index in [-0.39, 0.29) is 23.6 Å². The summed E-state index contributed by atoms with van der Waals surface area (Å²) in [5.74, 6) is 0.685. The first-order valence-electron chi connectivity index (χ1n) is 10.6. The normalized spacial score (nSPS) is 26.2. The quantitative estimate of drug-likeness (QED) is 0.810. The molecule has 1 aliphatic carbocycles. The Kier molecular flexibility index (Phi) is 6.04. The van der Waals surface area contributed by atoms with Crippen LogP contribution in [0.4, 0.5) is 5.69 Å². The second-order valence-electron chi connectivity index (χ2n) is 8.49. The van der Waals surface area contributed by atoms with Crippen LogP contribution in [0.25, 0.3) is 0 Å². The third-order valence-corrected chi connectivity index (χ3v) is 7.86. The summed E-state index contributed by atoms with van der Waals surface area (Å²) in [5, 5.41) is 3.19. The lowest BCUT2D eigenvalue weighted by Crippen LogP contribution is -2.44. The lowest BCUT2D eigenvalue weighted by atomic mass is 9.78. The van der Waals surface area contributed by atoms with Crippen LogP contribution in [0.1, 0.15) is 49.0 Å². The molecule has 2 aromatic carbocycles. The molecule has 4 atom stereocenters. The molecule has 0 aromatic heterocycles. The SMILES string of the molecule is C[C@H]1[C@H](C)CCC[C@@H]1NC(=O)c1ccc2c(c1)N(Cc1ccccc1)C(=O)C[S@@]2=O. The Hall–Kier alpha value is -2.47. The molecule has 0 saturated heterocycles. The number of hydrogen-bond acceptors (Lipinski definition) is 3. The second-order valence-corrected chi connectivity index (χ2v) is 9.90. The van der Waals surface area contributed by atoms with Crippen LogP contribution >= 0.6 is 0 Å². The molecule has 1 fully saturated rings. The van der Waals surface area contributed by atoms with Crippen LogP contribution in [-0.4, -0.2) is 27.8 Å². The van der Waals surface area contributed by atoms with E-state index in [9.17, 15) is 13.8 Å². The predicted molar refractivity (Wildman–Crippen MR) is 119 cm³/mol. The maximum absolute atomic E-state index is 13.0. The van der Waals surface area contributed by atoms with Crippen LogP contribution in [0.3, 0.4) is 0 Å². The first-order chi connectivity index (χ1) is 14.4. The number of carbonyl (C=O) groups is 2. The fourth-order valence-corrected chi connectivity index (χ4v) is 5.60. The summed E-state index contributed by atoms with van der Waals surface area (Å²) < 4.78 is 12.5. The van der Waals surface area contributed by atoms with Gasteiger partial charge in [0.05, 0.1) is 27.9 Å². The lowest BCUT2D eigenvalue weighted by molar-refractivity contribution is -0.116. The smallest absolute Gasteiger partial charge is 0.251 e. The van der Waals surface area contributed by atoms with Gasteiger partial charge in [-0.3, -0.25) is 13.8 Å².